The van der Waals surface area contributed by atoms with Crippen LogP contribution in [0.3, 0.4) is 0 Å². The second-order valence-corrected chi connectivity index (χ2v) is 7.11. The lowest BCUT2D eigenvalue weighted by atomic mass is 10.1. The van der Waals surface area contributed by atoms with E-state index in [1.165, 1.54) is 0 Å². The van der Waals surface area contributed by atoms with Crippen LogP contribution in [0, 0.1) is 13.8 Å². The SMILES string of the molecule is Cc1n[nH]c(C)c1CNC(=O)C1Cn2cccc2C(=O)N1Cc1ccccc1. The second-order valence-electron chi connectivity index (χ2n) is 7.11. The molecule has 0 spiro atoms. The fourth-order valence-electron chi connectivity index (χ4n) is 3.66. The van der Waals surface area contributed by atoms with E-state index in [1.807, 2.05) is 61.0 Å². The summed E-state index contributed by atoms with van der Waals surface area (Å²) in [7, 11) is 0. The number of benzene rings is 1. The smallest absolute Gasteiger partial charge is 0.271 e. The van der Waals surface area contributed by atoms with Crippen molar-refractivity contribution in [1.29, 1.82) is 0 Å². The normalized spacial score (nSPS) is 16.1. The van der Waals surface area contributed by atoms with Crippen molar-refractivity contribution < 1.29 is 9.59 Å². The minimum atomic E-state index is -0.569. The molecule has 0 bridgehead atoms. The fourth-order valence-corrected chi connectivity index (χ4v) is 3.66. The molecule has 7 nitrogen and oxygen atoms in total. The zero-order valence-corrected chi connectivity index (χ0v) is 16.0. The molecule has 1 aromatic carbocycles. The number of hydrogen-bond donors (Lipinski definition) is 2. The maximum atomic E-state index is 13.0. The highest BCUT2D eigenvalue weighted by Crippen LogP contribution is 2.21. The third-order valence-electron chi connectivity index (χ3n) is 5.27. The van der Waals surface area contributed by atoms with E-state index in [0.29, 0.717) is 25.3 Å². The van der Waals surface area contributed by atoms with Crippen molar-refractivity contribution in [2.24, 2.45) is 0 Å². The first kappa shape index (κ1) is 18.0. The molecule has 3 heterocycles. The van der Waals surface area contributed by atoms with Crippen LogP contribution in [0.15, 0.2) is 48.7 Å². The van der Waals surface area contributed by atoms with E-state index in [0.717, 1.165) is 22.5 Å². The summed E-state index contributed by atoms with van der Waals surface area (Å²) in [5.41, 5.74) is 4.39. The van der Waals surface area contributed by atoms with Gasteiger partial charge in [0.2, 0.25) is 5.91 Å². The zero-order valence-electron chi connectivity index (χ0n) is 16.0. The Morgan fingerprint density at radius 1 is 1.21 bits per heavy atom. The standard InChI is InChI=1S/C21H23N5O2/c1-14-17(15(2)24-23-14)11-22-20(27)19-13-25-10-6-9-18(25)21(28)26(19)12-16-7-4-3-5-8-16/h3-10,19H,11-13H2,1-2H3,(H,22,27)(H,23,24). The van der Waals surface area contributed by atoms with Crippen LogP contribution in [-0.2, 0) is 24.4 Å². The topological polar surface area (TPSA) is 83.0 Å². The maximum Gasteiger partial charge on any atom is 0.271 e. The number of carbonyl (C=O) groups excluding carboxylic acids is 2. The van der Waals surface area contributed by atoms with Crippen LogP contribution in [-0.4, -0.2) is 37.5 Å². The van der Waals surface area contributed by atoms with Crippen LogP contribution in [0.2, 0.25) is 0 Å². The number of hydrogen-bond acceptors (Lipinski definition) is 3. The predicted octanol–water partition coefficient (Wildman–Crippen LogP) is 2.17. The van der Waals surface area contributed by atoms with Crippen LogP contribution in [0.25, 0.3) is 0 Å². The first-order valence-corrected chi connectivity index (χ1v) is 9.33. The van der Waals surface area contributed by atoms with Crippen molar-refractivity contribution in [3.8, 4) is 0 Å². The molecule has 144 valence electrons. The van der Waals surface area contributed by atoms with E-state index in [4.69, 9.17) is 0 Å². The van der Waals surface area contributed by atoms with Gasteiger partial charge in [0.1, 0.15) is 11.7 Å². The van der Waals surface area contributed by atoms with Gasteiger partial charge in [-0.3, -0.25) is 14.7 Å². The molecule has 2 amide bonds. The molecule has 28 heavy (non-hydrogen) atoms. The molecule has 3 aromatic rings. The van der Waals surface area contributed by atoms with Gasteiger partial charge < -0.3 is 14.8 Å². The van der Waals surface area contributed by atoms with Crippen molar-refractivity contribution in [2.75, 3.05) is 0 Å². The number of aromatic nitrogens is 3. The van der Waals surface area contributed by atoms with Crippen LogP contribution >= 0.6 is 0 Å². The summed E-state index contributed by atoms with van der Waals surface area (Å²) in [5, 5.41) is 10.1. The number of carbonyl (C=O) groups is 2. The lowest BCUT2D eigenvalue weighted by Gasteiger charge is -2.35. The Labute approximate surface area is 163 Å². The summed E-state index contributed by atoms with van der Waals surface area (Å²) < 4.78 is 1.85. The molecule has 1 aliphatic rings. The Balaban J connectivity index is 1.57. The Morgan fingerprint density at radius 3 is 2.71 bits per heavy atom. The Kier molecular flexibility index (Phi) is 4.73. The number of aryl methyl sites for hydroxylation is 2. The number of rotatable bonds is 5. The highest BCUT2D eigenvalue weighted by Gasteiger charge is 2.36. The van der Waals surface area contributed by atoms with Crippen molar-refractivity contribution in [1.82, 2.24) is 25.0 Å². The van der Waals surface area contributed by atoms with Gasteiger partial charge in [0, 0.05) is 30.5 Å². The lowest BCUT2D eigenvalue weighted by Crippen LogP contribution is -2.54. The van der Waals surface area contributed by atoms with E-state index in [-0.39, 0.29) is 11.8 Å². The second kappa shape index (κ2) is 7.34. The molecule has 0 aliphatic carbocycles. The maximum absolute atomic E-state index is 13.0. The summed E-state index contributed by atoms with van der Waals surface area (Å²) >= 11 is 0. The van der Waals surface area contributed by atoms with Gasteiger partial charge in [-0.25, -0.2) is 0 Å². The Bertz CT molecular complexity index is 985. The fraction of sp³-hybridized carbons (Fsp3) is 0.286. The van der Waals surface area contributed by atoms with Crippen LogP contribution in [0.5, 0.6) is 0 Å². The quantitative estimate of drug-likeness (QED) is 0.715. The van der Waals surface area contributed by atoms with Crippen molar-refractivity contribution in [3.05, 3.63) is 76.9 Å². The molecule has 2 aromatic heterocycles. The first-order valence-electron chi connectivity index (χ1n) is 9.33. The zero-order chi connectivity index (χ0) is 19.7. The van der Waals surface area contributed by atoms with E-state index in [2.05, 4.69) is 15.5 Å². The van der Waals surface area contributed by atoms with Crippen LogP contribution in [0.1, 0.15) is 33.0 Å². The molecule has 4 rings (SSSR count). The first-order chi connectivity index (χ1) is 13.5. The minimum Gasteiger partial charge on any atom is -0.350 e. The number of nitrogens with zero attached hydrogens (tertiary/aromatic N) is 3. The largest absolute Gasteiger partial charge is 0.350 e. The van der Waals surface area contributed by atoms with Gasteiger partial charge in [-0.05, 0) is 31.5 Å². The molecule has 2 N–H and O–H groups in total. The molecule has 1 aliphatic heterocycles. The summed E-state index contributed by atoms with van der Waals surface area (Å²) in [4.78, 5) is 27.8. The van der Waals surface area contributed by atoms with Gasteiger partial charge in [0.05, 0.1) is 12.2 Å². The van der Waals surface area contributed by atoms with E-state index in [1.54, 1.807) is 11.0 Å². The average Bonchev–Trinajstić information content (AvgIpc) is 3.29. The summed E-state index contributed by atoms with van der Waals surface area (Å²) in [5.74, 6) is -0.292. The highest BCUT2D eigenvalue weighted by atomic mass is 16.2. The van der Waals surface area contributed by atoms with Crippen molar-refractivity contribution >= 4 is 11.8 Å². The van der Waals surface area contributed by atoms with Crippen LogP contribution < -0.4 is 5.32 Å². The summed E-state index contributed by atoms with van der Waals surface area (Å²) in [6.45, 7) is 5.06. The van der Waals surface area contributed by atoms with Gasteiger partial charge in [-0.2, -0.15) is 5.10 Å². The molecule has 1 unspecified atom stereocenters. The van der Waals surface area contributed by atoms with Crippen molar-refractivity contribution in [2.45, 2.75) is 39.5 Å². The molecule has 0 saturated carbocycles. The lowest BCUT2D eigenvalue weighted by molar-refractivity contribution is -0.126. The van der Waals surface area contributed by atoms with Crippen molar-refractivity contribution in [3.63, 3.8) is 0 Å². The average molecular weight is 377 g/mol. The van der Waals surface area contributed by atoms with E-state index in [9.17, 15) is 9.59 Å². The molecule has 7 heteroatoms. The number of fused-ring (bicyclic) bond motifs is 1. The monoisotopic (exact) mass is 377 g/mol. The summed E-state index contributed by atoms with van der Waals surface area (Å²) in [6, 6.07) is 12.8. The number of amides is 2. The molecular weight excluding hydrogens is 354 g/mol. The molecule has 0 saturated heterocycles. The van der Waals surface area contributed by atoms with Gasteiger partial charge in [-0.15, -0.1) is 0 Å². The summed E-state index contributed by atoms with van der Waals surface area (Å²) in [6.07, 6.45) is 1.84. The predicted molar refractivity (Wildman–Crippen MR) is 104 cm³/mol. The van der Waals surface area contributed by atoms with E-state index < -0.39 is 6.04 Å². The molecule has 0 fully saturated rings. The third-order valence-corrected chi connectivity index (χ3v) is 5.27. The number of H-pyrrole nitrogens is 1. The molecular formula is C21H23N5O2. The van der Waals surface area contributed by atoms with Gasteiger partial charge >= 0.3 is 0 Å². The molecule has 0 radical (unpaired) electrons. The number of aromatic amines is 1. The van der Waals surface area contributed by atoms with E-state index >= 15 is 0 Å². The van der Waals surface area contributed by atoms with Gasteiger partial charge in [0.25, 0.3) is 5.91 Å². The third kappa shape index (κ3) is 3.31. The van der Waals surface area contributed by atoms with Crippen LogP contribution in [0.4, 0.5) is 0 Å². The van der Waals surface area contributed by atoms with Gasteiger partial charge in [0.15, 0.2) is 0 Å². The molecule has 1 atom stereocenters. The van der Waals surface area contributed by atoms with Gasteiger partial charge in [-0.1, -0.05) is 30.3 Å². The minimum absolute atomic E-state index is 0.129. The Morgan fingerprint density at radius 2 is 2.00 bits per heavy atom. The Hall–Kier alpha value is -3.35. The number of nitrogens with one attached hydrogen (secondary N) is 2. The highest BCUT2D eigenvalue weighted by molar-refractivity contribution is 5.97.